The van der Waals surface area contributed by atoms with Crippen LogP contribution in [0.3, 0.4) is 0 Å². The number of thiophene rings is 1. The van der Waals surface area contributed by atoms with Gasteiger partial charge in [-0.3, -0.25) is 0 Å². The lowest BCUT2D eigenvalue weighted by atomic mass is 9.84. The van der Waals surface area contributed by atoms with Gasteiger partial charge in [-0.25, -0.2) is 0 Å². The van der Waals surface area contributed by atoms with Gasteiger partial charge in [0.25, 0.3) is 0 Å². The fourth-order valence-electron chi connectivity index (χ4n) is 4.93. The number of rotatable bonds is 7. The van der Waals surface area contributed by atoms with Crippen LogP contribution in [0.5, 0.6) is 5.75 Å². The van der Waals surface area contributed by atoms with Crippen molar-refractivity contribution in [1.29, 1.82) is 0 Å². The van der Waals surface area contributed by atoms with Crippen LogP contribution in [-0.4, -0.2) is 6.61 Å². The van der Waals surface area contributed by atoms with Crippen LogP contribution in [-0.2, 0) is 0 Å². The van der Waals surface area contributed by atoms with Crippen molar-refractivity contribution in [2.75, 3.05) is 6.61 Å². The topological polar surface area (TPSA) is 9.23 Å². The summed E-state index contributed by atoms with van der Waals surface area (Å²) < 4.78 is 6.93. The molecule has 4 aromatic rings. The molecule has 0 fully saturated rings. The van der Waals surface area contributed by atoms with Crippen LogP contribution in [0.2, 0.25) is 0 Å². The van der Waals surface area contributed by atoms with Crippen molar-refractivity contribution >= 4 is 27.0 Å². The molecule has 0 N–H and O–H groups in total. The molecule has 0 aliphatic heterocycles. The Morgan fingerprint density at radius 3 is 2.15 bits per heavy atom. The number of benzene rings is 3. The highest BCUT2D eigenvalue weighted by Crippen LogP contribution is 2.37. The number of hydrogen-bond acceptors (Lipinski definition) is 2. The molecule has 0 saturated heterocycles. The standard InChI is InChI=1S/C31H32OS/c1-3-5-22-6-8-23(9-7-22)24-10-12-25(13-11-24)26-14-16-27(17-15-26)30-20-28-18-19-29(32-4-2)21-31(28)33-30/h8,10-22H,3-7,9H2,1-2H3. The maximum absolute atomic E-state index is 5.66. The first kappa shape index (κ1) is 22.0. The first-order valence-corrected chi connectivity index (χ1v) is 13.1. The Morgan fingerprint density at radius 1 is 0.818 bits per heavy atom. The Morgan fingerprint density at radius 2 is 1.52 bits per heavy atom. The summed E-state index contributed by atoms with van der Waals surface area (Å²) >= 11 is 1.83. The van der Waals surface area contributed by atoms with Crippen molar-refractivity contribution in [3.05, 3.63) is 84.4 Å². The third-order valence-corrected chi connectivity index (χ3v) is 7.92. The maximum Gasteiger partial charge on any atom is 0.120 e. The molecule has 33 heavy (non-hydrogen) atoms. The zero-order valence-electron chi connectivity index (χ0n) is 19.6. The SMILES string of the molecule is CCCC1CC=C(c2ccc(-c3ccc(-c4cc5ccc(OCC)cc5s4)cc3)cc2)CC1. The first-order valence-electron chi connectivity index (χ1n) is 12.3. The van der Waals surface area contributed by atoms with E-state index in [2.05, 4.69) is 85.8 Å². The van der Waals surface area contributed by atoms with Crippen molar-refractivity contribution < 1.29 is 4.74 Å². The Kier molecular flexibility index (Phi) is 6.64. The van der Waals surface area contributed by atoms with Gasteiger partial charge < -0.3 is 4.74 Å². The van der Waals surface area contributed by atoms with Crippen molar-refractivity contribution in [3.63, 3.8) is 0 Å². The molecule has 0 saturated carbocycles. The minimum Gasteiger partial charge on any atom is -0.494 e. The van der Waals surface area contributed by atoms with E-state index in [0.29, 0.717) is 6.61 Å². The average molecular weight is 453 g/mol. The van der Waals surface area contributed by atoms with Gasteiger partial charge in [-0.1, -0.05) is 74.4 Å². The summed E-state index contributed by atoms with van der Waals surface area (Å²) in [5, 5.41) is 1.27. The Hall–Kier alpha value is -2.84. The molecule has 1 aliphatic carbocycles. The monoisotopic (exact) mass is 452 g/mol. The Bertz CT molecular complexity index is 1240. The molecule has 168 valence electrons. The molecular formula is C31H32OS. The molecule has 1 aliphatic rings. The third kappa shape index (κ3) is 4.91. The van der Waals surface area contributed by atoms with Gasteiger partial charge in [-0.05, 0) is 89.6 Å². The quantitative estimate of drug-likeness (QED) is 0.271. The van der Waals surface area contributed by atoms with E-state index >= 15 is 0 Å². The van der Waals surface area contributed by atoms with E-state index in [4.69, 9.17) is 4.74 Å². The summed E-state index contributed by atoms with van der Waals surface area (Å²) in [5.74, 6) is 1.84. The molecule has 0 bridgehead atoms. The second-order valence-electron chi connectivity index (χ2n) is 9.06. The van der Waals surface area contributed by atoms with E-state index in [9.17, 15) is 0 Å². The summed E-state index contributed by atoms with van der Waals surface area (Å²) in [4.78, 5) is 1.30. The number of fused-ring (bicyclic) bond motifs is 1. The van der Waals surface area contributed by atoms with Gasteiger partial charge in [0.1, 0.15) is 5.75 Å². The number of hydrogen-bond donors (Lipinski definition) is 0. The average Bonchev–Trinajstić information content (AvgIpc) is 3.29. The van der Waals surface area contributed by atoms with Crippen LogP contribution in [0, 0.1) is 5.92 Å². The smallest absolute Gasteiger partial charge is 0.120 e. The summed E-state index contributed by atoms with van der Waals surface area (Å²) in [5.41, 5.74) is 6.74. The molecule has 1 aromatic heterocycles. The number of ether oxygens (including phenoxy) is 1. The van der Waals surface area contributed by atoms with Crippen LogP contribution in [0.1, 0.15) is 51.5 Å². The molecule has 1 unspecified atom stereocenters. The predicted octanol–water partition coefficient (Wildman–Crippen LogP) is 9.62. The lowest BCUT2D eigenvalue weighted by Gasteiger charge is -2.21. The maximum atomic E-state index is 5.66. The minimum atomic E-state index is 0.698. The van der Waals surface area contributed by atoms with Gasteiger partial charge in [0, 0.05) is 9.58 Å². The van der Waals surface area contributed by atoms with Crippen LogP contribution in [0.4, 0.5) is 0 Å². The van der Waals surface area contributed by atoms with E-state index in [1.165, 1.54) is 74.9 Å². The third-order valence-electron chi connectivity index (χ3n) is 6.78. The van der Waals surface area contributed by atoms with Crippen molar-refractivity contribution in [2.45, 2.75) is 46.0 Å². The van der Waals surface area contributed by atoms with E-state index < -0.39 is 0 Å². The molecular weight excluding hydrogens is 420 g/mol. The predicted molar refractivity (Wildman–Crippen MR) is 144 cm³/mol. The highest BCUT2D eigenvalue weighted by molar-refractivity contribution is 7.22. The first-order chi connectivity index (χ1) is 16.2. The van der Waals surface area contributed by atoms with Crippen molar-refractivity contribution in [3.8, 4) is 27.3 Å². The summed E-state index contributed by atoms with van der Waals surface area (Å²) in [6.07, 6.45) is 8.97. The normalized spacial score (nSPS) is 16.1. The zero-order valence-corrected chi connectivity index (χ0v) is 20.5. The van der Waals surface area contributed by atoms with Crippen LogP contribution < -0.4 is 4.74 Å². The van der Waals surface area contributed by atoms with Crippen LogP contribution in [0.25, 0.3) is 37.2 Å². The minimum absolute atomic E-state index is 0.698. The second kappa shape index (κ2) is 9.97. The fourth-order valence-corrected chi connectivity index (χ4v) is 6.03. The molecule has 0 radical (unpaired) electrons. The van der Waals surface area contributed by atoms with Crippen molar-refractivity contribution in [2.24, 2.45) is 5.92 Å². The lowest BCUT2D eigenvalue weighted by Crippen LogP contribution is -2.04. The highest BCUT2D eigenvalue weighted by atomic mass is 32.1. The van der Waals surface area contributed by atoms with E-state index in [1.54, 1.807) is 0 Å². The van der Waals surface area contributed by atoms with Gasteiger partial charge >= 0.3 is 0 Å². The fraction of sp³-hybridized carbons (Fsp3) is 0.290. The summed E-state index contributed by atoms with van der Waals surface area (Å²) in [6.45, 7) is 5.02. The van der Waals surface area contributed by atoms with Gasteiger partial charge in [-0.2, -0.15) is 0 Å². The molecule has 1 atom stereocenters. The molecule has 5 rings (SSSR count). The Labute approximate surface area is 201 Å². The van der Waals surface area contributed by atoms with E-state index in [0.717, 1.165) is 11.7 Å². The molecule has 3 aromatic carbocycles. The highest BCUT2D eigenvalue weighted by Gasteiger charge is 2.14. The van der Waals surface area contributed by atoms with Crippen LogP contribution >= 0.6 is 11.3 Å². The molecule has 0 amide bonds. The molecule has 0 spiro atoms. The Balaban J connectivity index is 1.31. The van der Waals surface area contributed by atoms with E-state index in [-0.39, 0.29) is 0 Å². The number of allylic oxidation sites excluding steroid dienone is 2. The summed E-state index contributed by atoms with van der Waals surface area (Å²) in [7, 11) is 0. The second-order valence-corrected chi connectivity index (χ2v) is 10.1. The van der Waals surface area contributed by atoms with Crippen molar-refractivity contribution in [1.82, 2.24) is 0 Å². The molecule has 1 heterocycles. The summed E-state index contributed by atoms with van der Waals surface area (Å²) in [6, 6.07) is 26.8. The van der Waals surface area contributed by atoms with Gasteiger partial charge in [0.2, 0.25) is 0 Å². The van der Waals surface area contributed by atoms with E-state index in [1.807, 2.05) is 18.3 Å². The largest absolute Gasteiger partial charge is 0.494 e. The molecule has 2 heteroatoms. The van der Waals surface area contributed by atoms with Crippen LogP contribution in [0.15, 0.2) is 78.9 Å². The zero-order chi connectivity index (χ0) is 22.6. The lowest BCUT2D eigenvalue weighted by molar-refractivity contribution is 0.341. The molecule has 1 nitrogen and oxygen atoms in total. The van der Waals surface area contributed by atoms with Gasteiger partial charge in [-0.15, -0.1) is 11.3 Å². The van der Waals surface area contributed by atoms with Gasteiger partial charge in [0.05, 0.1) is 6.61 Å². The van der Waals surface area contributed by atoms with Gasteiger partial charge in [0.15, 0.2) is 0 Å².